The molecule has 4 rings (SSSR count). The van der Waals surface area contributed by atoms with Gasteiger partial charge in [-0.05, 0) is 42.3 Å². The summed E-state index contributed by atoms with van der Waals surface area (Å²) < 4.78 is 22.4. The van der Waals surface area contributed by atoms with E-state index in [1.54, 1.807) is 20.3 Å². The molecule has 3 aromatic rings. The maximum Gasteiger partial charge on any atom is 0.308 e. The van der Waals surface area contributed by atoms with Crippen LogP contribution in [-0.2, 0) is 16.0 Å². The van der Waals surface area contributed by atoms with Crippen molar-refractivity contribution in [2.45, 2.75) is 32.2 Å². The second-order valence-electron chi connectivity index (χ2n) is 8.44. The number of hydrogen-bond acceptors (Lipinski definition) is 6. The zero-order valence-electron chi connectivity index (χ0n) is 20.3. The normalized spacial score (nSPS) is 16.5. The van der Waals surface area contributed by atoms with Crippen LogP contribution in [0.15, 0.2) is 60.7 Å². The summed E-state index contributed by atoms with van der Waals surface area (Å²) in [5.41, 5.74) is 3.41. The third-order valence-corrected chi connectivity index (χ3v) is 6.14. The van der Waals surface area contributed by atoms with Crippen molar-refractivity contribution >= 4 is 11.9 Å². The van der Waals surface area contributed by atoms with Crippen molar-refractivity contribution in [2.75, 3.05) is 20.8 Å². The van der Waals surface area contributed by atoms with Crippen LogP contribution in [0.2, 0.25) is 0 Å². The number of nitrogens with one attached hydrogen (secondary N) is 1. The molecule has 0 saturated heterocycles. The summed E-state index contributed by atoms with van der Waals surface area (Å²) in [7, 11) is 3.18. The highest BCUT2D eigenvalue weighted by atomic mass is 16.5. The molecule has 1 heterocycles. The Hall–Kier alpha value is -4.00. The lowest BCUT2D eigenvalue weighted by molar-refractivity contribution is -0.132. The molecule has 0 saturated carbocycles. The molecule has 0 aromatic heterocycles. The average molecular weight is 476 g/mol. The molecule has 7 heteroatoms. The number of benzene rings is 3. The molecule has 1 N–H and O–H groups in total. The Balaban J connectivity index is 1.72. The van der Waals surface area contributed by atoms with Crippen LogP contribution in [0.5, 0.6) is 23.0 Å². The summed E-state index contributed by atoms with van der Waals surface area (Å²) in [5.74, 6) is 1.61. The van der Waals surface area contributed by atoms with Gasteiger partial charge in [-0.2, -0.15) is 0 Å². The van der Waals surface area contributed by atoms with Crippen molar-refractivity contribution in [3.8, 4) is 23.0 Å². The number of amides is 1. The third-order valence-electron chi connectivity index (χ3n) is 6.14. The number of fused-ring (bicyclic) bond motifs is 1. The van der Waals surface area contributed by atoms with E-state index in [0.29, 0.717) is 35.2 Å². The van der Waals surface area contributed by atoms with Gasteiger partial charge in [0.2, 0.25) is 5.91 Å². The van der Waals surface area contributed by atoms with Gasteiger partial charge in [-0.15, -0.1) is 0 Å². The molecule has 2 atom stereocenters. The molecule has 35 heavy (non-hydrogen) atoms. The highest BCUT2D eigenvalue weighted by Gasteiger charge is 2.35. The van der Waals surface area contributed by atoms with E-state index in [9.17, 15) is 9.59 Å². The Morgan fingerprint density at radius 1 is 0.971 bits per heavy atom. The SMILES string of the molecule is COc1ccc(C2COc3c(ccc(OC(C)=O)c3C)C2NC(=O)Cc2ccccc2)cc1OC. The van der Waals surface area contributed by atoms with Gasteiger partial charge in [0.15, 0.2) is 11.5 Å². The number of ether oxygens (including phenoxy) is 4. The Labute approximate surface area is 205 Å². The van der Waals surface area contributed by atoms with Gasteiger partial charge in [0.05, 0.1) is 33.3 Å². The summed E-state index contributed by atoms with van der Waals surface area (Å²) in [4.78, 5) is 24.6. The van der Waals surface area contributed by atoms with Crippen LogP contribution in [0.1, 0.15) is 41.1 Å². The summed E-state index contributed by atoms with van der Waals surface area (Å²) in [6.07, 6.45) is 0.261. The van der Waals surface area contributed by atoms with Crippen LogP contribution in [0.25, 0.3) is 0 Å². The predicted octanol–water partition coefficient (Wildman–Crippen LogP) is 4.51. The number of hydrogen-bond donors (Lipinski definition) is 1. The van der Waals surface area contributed by atoms with Crippen molar-refractivity contribution < 1.29 is 28.5 Å². The largest absolute Gasteiger partial charge is 0.493 e. The molecule has 7 nitrogen and oxygen atoms in total. The number of rotatable bonds is 7. The topological polar surface area (TPSA) is 83.1 Å². The van der Waals surface area contributed by atoms with Crippen LogP contribution in [0.4, 0.5) is 0 Å². The van der Waals surface area contributed by atoms with Gasteiger partial charge >= 0.3 is 5.97 Å². The van der Waals surface area contributed by atoms with E-state index in [1.807, 2.05) is 61.5 Å². The minimum absolute atomic E-state index is 0.0961. The molecule has 182 valence electrons. The van der Waals surface area contributed by atoms with Crippen LogP contribution in [0, 0.1) is 6.92 Å². The van der Waals surface area contributed by atoms with Crippen molar-refractivity contribution in [1.82, 2.24) is 5.32 Å². The third kappa shape index (κ3) is 5.24. The molecule has 1 aliphatic heterocycles. The number of carbonyl (C=O) groups is 2. The molecule has 0 aliphatic carbocycles. The Morgan fingerprint density at radius 2 is 1.69 bits per heavy atom. The van der Waals surface area contributed by atoms with Gasteiger partial charge in [0.25, 0.3) is 0 Å². The maximum atomic E-state index is 13.1. The first-order valence-corrected chi connectivity index (χ1v) is 11.4. The van der Waals surface area contributed by atoms with E-state index in [0.717, 1.165) is 16.7 Å². The minimum atomic E-state index is -0.403. The standard InChI is InChI=1S/C28H29NO6/c1-17-23(35-18(2)30)13-11-21-27(29-26(31)14-19-8-6-5-7-9-19)22(16-34-28(17)21)20-10-12-24(32-3)25(15-20)33-4/h5-13,15,22,27H,14,16H2,1-4H3,(H,29,31). The number of methoxy groups -OCH3 is 2. The highest BCUT2D eigenvalue weighted by molar-refractivity contribution is 5.79. The van der Waals surface area contributed by atoms with Crippen LogP contribution in [0.3, 0.4) is 0 Å². The molecule has 2 unspecified atom stereocenters. The zero-order chi connectivity index (χ0) is 24.9. The molecule has 0 radical (unpaired) electrons. The van der Waals surface area contributed by atoms with Gasteiger partial charge in [-0.25, -0.2) is 0 Å². The van der Waals surface area contributed by atoms with Crippen molar-refractivity contribution in [1.29, 1.82) is 0 Å². The first-order chi connectivity index (χ1) is 16.9. The summed E-state index contributed by atoms with van der Waals surface area (Å²) in [5, 5.41) is 3.23. The smallest absolute Gasteiger partial charge is 0.308 e. The Bertz CT molecular complexity index is 1220. The molecule has 1 aliphatic rings. The van der Waals surface area contributed by atoms with E-state index in [2.05, 4.69) is 5.32 Å². The summed E-state index contributed by atoms with van der Waals surface area (Å²) in [6, 6.07) is 18.6. The van der Waals surface area contributed by atoms with E-state index >= 15 is 0 Å². The van der Waals surface area contributed by atoms with E-state index in [1.165, 1.54) is 6.92 Å². The fraction of sp³-hybridized carbons (Fsp3) is 0.286. The van der Waals surface area contributed by atoms with E-state index < -0.39 is 5.97 Å². The first kappa shape index (κ1) is 24.1. The zero-order valence-corrected chi connectivity index (χ0v) is 20.3. The fourth-order valence-corrected chi connectivity index (χ4v) is 4.44. The van der Waals surface area contributed by atoms with Crippen LogP contribution in [-0.4, -0.2) is 32.7 Å². The number of carbonyl (C=O) groups excluding carboxylic acids is 2. The first-order valence-electron chi connectivity index (χ1n) is 11.4. The fourth-order valence-electron chi connectivity index (χ4n) is 4.44. The Morgan fingerprint density at radius 3 is 2.37 bits per heavy atom. The monoisotopic (exact) mass is 475 g/mol. The minimum Gasteiger partial charge on any atom is -0.493 e. The molecular formula is C28H29NO6. The molecule has 3 aromatic carbocycles. The van der Waals surface area contributed by atoms with Gasteiger partial charge in [-0.3, -0.25) is 9.59 Å². The van der Waals surface area contributed by atoms with Crippen LogP contribution >= 0.6 is 0 Å². The van der Waals surface area contributed by atoms with E-state index in [4.69, 9.17) is 18.9 Å². The van der Waals surface area contributed by atoms with Gasteiger partial charge in [-0.1, -0.05) is 36.4 Å². The van der Waals surface area contributed by atoms with Gasteiger partial charge in [0, 0.05) is 24.0 Å². The molecule has 0 fully saturated rings. The lowest BCUT2D eigenvalue weighted by Gasteiger charge is -2.35. The second-order valence-corrected chi connectivity index (χ2v) is 8.44. The quantitative estimate of drug-likeness (QED) is 0.400. The predicted molar refractivity (Wildman–Crippen MR) is 131 cm³/mol. The summed E-state index contributed by atoms with van der Waals surface area (Å²) >= 11 is 0. The molecule has 0 spiro atoms. The van der Waals surface area contributed by atoms with Crippen molar-refractivity contribution in [2.24, 2.45) is 0 Å². The maximum absolute atomic E-state index is 13.1. The lowest BCUT2D eigenvalue weighted by Crippen LogP contribution is -2.38. The molecule has 1 amide bonds. The molecular weight excluding hydrogens is 446 g/mol. The van der Waals surface area contributed by atoms with Gasteiger partial charge < -0.3 is 24.3 Å². The lowest BCUT2D eigenvalue weighted by atomic mass is 9.84. The van der Waals surface area contributed by atoms with Crippen LogP contribution < -0.4 is 24.3 Å². The number of esters is 1. The highest BCUT2D eigenvalue weighted by Crippen LogP contribution is 2.45. The van der Waals surface area contributed by atoms with Gasteiger partial charge in [0.1, 0.15) is 11.5 Å². The average Bonchev–Trinajstić information content (AvgIpc) is 2.86. The van der Waals surface area contributed by atoms with Crippen molar-refractivity contribution in [3.05, 3.63) is 82.9 Å². The van der Waals surface area contributed by atoms with Crippen molar-refractivity contribution in [3.63, 3.8) is 0 Å². The summed E-state index contributed by atoms with van der Waals surface area (Å²) in [6.45, 7) is 3.53. The van der Waals surface area contributed by atoms with E-state index in [-0.39, 0.29) is 24.3 Å². The Kier molecular flexibility index (Phi) is 7.25. The second kappa shape index (κ2) is 10.5. The molecule has 0 bridgehead atoms.